The molecule has 0 radical (unpaired) electrons. The van der Waals surface area contributed by atoms with E-state index < -0.39 is 0 Å². The Labute approximate surface area is 135 Å². The summed E-state index contributed by atoms with van der Waals surface area (Å²) >= 11 is 0. The second-order valence-corrected chi connectivity index (χ2v) is 6.26. The highest BCUT2D eigenvalue weighted by Gasteiger charge is 2.22. The number of piperazine rings is 1. The van der Waals surface area contributed by atoms with Gasteiger partial charge in [0.25, 0.3) is 5.91 Å². The minimum atomic E-state index is 0.00852. The number of imidazole rings is 1. The summed E-state index contributed by atoms with van der Waals surface area (Å²) in [6.45, 7) is 8.58. The second-order valence-electron chi connectivity index (χ2n) is 6.26. The summed E-state index contributed by atoms with van der Waals surface area (Å²) in [6.07, 6.45) is 0.842. The highest BCUT2D eigenvalue weighted by Crippen LogP contribution is 2.22. The monoisotopic (exact) mass is 314 g/mol. The van der Waals surface area contributed by atoms with Gasteiger partial charge in [0.2, 0.25) is 6.41 Å². The molecule has 1 aromatic carbocycles. The van der Waals surface area contributed by atoms with Gasteiger partial charge in [-0.3, -0.25) is 9.59 Å². The van der Waals surface area contributed by atoms with E-state index in [-0.39, 0.29) is 5.91 Å². The molecule has 2 aromatic rings. The van der Waals surface area contributed by atoms with Crippen LogP contribution in [0.2, 0.25) is 0 Å². The van der Waals surface area contributed by atoms with Crippen LogP contribution in [0.15, 0.2) is 18.2 Å². The molecule has 2 amide bonds. The zero-order chi connectivity index (χ0) is 16.6. The van der Waals surface area contributed by atoms with Crippen molar-refractivity contribution >= 4 is 23.4 Å². The number of fused-ring (bicyclic) bond motifs is 1. The lowest BCUT2D eigenvalue weighted by Gasteiger charge is -2.32. The molecule has 0 unspecified atom stereocenters. The van der Waals surface area contributed by atoms with Crippen molar-refractivity contribution in [3.63, 3.8) is 0 Å². The van der Waals surface area contributed by atoms with Gasteiger partial charge in [-0.2, -0.15) is 0 Å². The molecule has 1 aliphatic rings. The normalized spacial score (nSPS) is 15.5. The fourth-order valence-corrected chi connectivity index (χ4v) is 3.22. The molecule has 1 aliphatic heterocycles. The molecular formula is C17H22N4O2. The first-order valence-electron chi connectivity index (χ1n) is 7.98. The zero-order valence-corrected chi connectivity index (χ0v) is 13.8. The standard InChI is InChI=1S/C17H22N4O2/c1-12(2)21-13(3)18-15-10-14(4-5-16(15)21)17(23)20-8-6-19(11-22)7-9-20/h4-5,10-12H,6-9H2,1-3H3. The Bertz CT molecular complexity index is 742. The van der Waals surface area contributed by atoms with Crippen molar-refractivity contribution in [1.82, 2.24) is 19.4 Å². The molecule has 0 N–H and O–H groups in total. The van der Waals surface area contributed by atoms with Gasteiger partial charge in [0, 0.05) is 37.8 Å². The van der Waals surface area contributed by atoms with Gasteiger partial charge in [0.1, 0.15) is 5.82 Å². The second kappa shape index (κ2) is 6.02. The first kappa shape index (κ1) is 15.5. The van der Waals surface area contributed by atoms with Crippen molar-refractivity contribution in [2.75, 3.05) is 26.2 Å². The molecule has 122 valence electrons. The Hall–Kier alpha value is -2.37. The lowest BCUT2D eigenvalue weighted by Crippen LogP contribution is -2.48. The van der Waals surface area contributed by atoms with Crippen molar-refractivity contribution in [2.24, 2.45) is 0 Å². The minimum absolute atomic E-state index is 0.00852. The number of hydrogen-bond acceptors (Lipinski definition) is 3. The largest absolute Gasteiger partial charge is 0.342 e. The topological polar surface area (TPSA) is 58.4 Å². The summed E-state index contributed by atoms with van der Waals surface area (Å²) in [7, 11) is 0. The third kappa shape index (κ3) is 2.81. The molecule has 6 nitrogen and oxygen atoms in total. The molecule has 1 saturated heterocycles. The first-order valence-corrected chi connectivity index (χ1v) is 7.98. The molecule has 0 spiro atoms. The maximum Gasteiger partial charge on any atom is 0.254 e. The van der Waals surface area contributed by atoms with Crippen LogP contribution in [0.5, 0.6) is 0 Å². The van der Waals surface area contributed by atoms with Crippen LogP contribution in [-0.4, -0.2) is 57.8 Å². The predicted octanol–water partition coefficient (Wildman–Crippen LogP) is 1.84. The minimum Gasteiger partial charge on any atom is -0.342 e. The van der Waals surface area contributed by atoms with Crippen LogP contribution in [0.4, 0.5) is 0 Å². The van der Waals surface area contributed by atoms with Crippen LogP contribution >= 0.6 is 0 Å². The number of benzene rings is 1. The molecule has 1 aromatic heterocycles. The molecule has 0 atom stereocenters. The Kier molecular flexibility index (Phi) is 4.07. The Morgan fingerprint density at radius 1 is 1.22 bits per heavy atom. The number of carbonyl (C=O) groups excluding carboxylic acids is 2. The van der Waals surface area contributed by atoms with Gasteiger partial charge < -0.3 is 14.4 Å². The summed E-state index contributed by atoms with van der Waals surface area (Å²) in [5.74, 6) is 0.966. The molecular weight excluding hydrogens is 292 g/mol. The fourth-order valence-electron chi connectivity index (χ4n) is 3.22. The fraction of sp³-hybridized carbons (Fsp3) is 0.471. The first-order chi connectivity index (χ1) is 11.0. The average molecular weight is 314 g/mol. The number of rotatable bonds is 3. The number of nitrogens with zero attached hydrogens (tertiary/aromatic N) is 4. The van der Waals surface area contributed by atoms with E-state index in [2.05, 4.69) is 23.4 Å². The summed E-state index contributed by atoms with van der Waals surface area (Å²) in [4.78, 5) is 31.5. The number of amides is 2. The number of carbonyl (C=O) groups is 2. The van der Waals surface area contributed by atoms with Gasteiger partial charge in [-0.1, -0.05) is 0 Å². The zero-order valence-electron chi connectivity index (χ0n) is 13.8. The van der Waals surface area contributed by atoms with E-state index in [9.17, 15) is 9.59 Å². The van der Waals surface area contributed by atoms with Gasteiger partial charge in [0.05, 0.1) is 11.0 Å². The van der Waals surface area contributed by atoms with Crippen molar-refractivity contribution in [3.8, 4) is 0 Å². The maximum atomic E-state index is 12.6. The molecule has 3 rings (SSSR count). The molecule has 2 heterocycles. The molecule has 0 saturated carbocycles. The summed E-state index contributed by atoms with van der Waals surface area (Å²) in [6, 6.07) is 6.05. The van der Waals surface area contributed by atoms with Crippen LogP contribution in [0, 0.1) is 6.92 Å². The lowest BCUT2D eigenvalue weighted by atomic mass is 10.1. The summed E-state index contributed by atoms with van der Waals surface area (Å²) in [5, 5.41) is 0. The van der Waals surface area contributed by atoms with Crippen LogP contribution in [0.25, 0.3) is 11.0 Å². The van der Waals surface area contributed by atoms with Crippen molar-refractivity contribution < 1.29 is 9.59 Å². The number of hydrogen-bond donors (Lipinski definition) is 0. The van der Waals surface area contributed by atoms with E-state index in [4.69, 9.17) is 0 Å². The number of aromatic nitrogens is 2. The van der Waals surface area contributed by atoms with Gasteiger partial charge in [0.15, 0.2) is 0 Å². The predicted molar refractivity (Wildman–Crippen MR) is 88.4 cm³/mol. The van der Waals surface area contributed by atoms with Crippen molar-refractivity contribution in [1.29, 1.82) is 0 Å². The van der Waals surface area contributed by atoms with E-state index in [0.717, 1.165) is 23.3 Å². The summed E-state index contributed by atoms with van der Waals surface area (Å²) < 4.78 is 2.17. The van der Waals surface area contributed by atoms with E-state index in [1.54, 1.807) is 9.80 Å². The maximum absolute atomic E-state index is 12.6. The van der Waals surface area contributed by atoms with E-state index in [0.29, 0.717) is 37.8 Å². The highest BCUT2D eigenvalue weighted by molar-refractivity contribution is 5.97. The van der Waals surface area contributed by atoms with Gasteiger partial charge in [-0.15, -0.1) is 0 Å². The number of aryl methyl sites for hydroxylation is 1. The SMILES string of the molecule is Cc1nc2cc(C(=O)N3CCN(C=O)CC3)ccc2n1C(C)C. The van der Waals surface area contributed by atoms with Gasteiger partial charge in [-0.05, 0) is 39.0 Å². The smallest absolute Gasteiger partial charge is 0.254 e. The Balaban J connectivity index is 1.86. The Morgan fingerprint density at radius 3 is 2.52 bits per heavy atom. The molecule has 6 heteroatoms. The molecule has 0 aliphatic carbocycles. The van der Waals surface area contributed by atoms with Crippen LogP contribution in [-0.2, 0) is 4.79 Å². The third-order valence-corrected chi connectivity index (χ3v) is 4.38. The average Bonchev–Trinajstić information content (AvgIpc) is 2.89. The van der Waals surface area contributed by atoms with Crippen LogP contribution in [0.1, 0.15) is 36.1 Å². The Morgan fingerprint density at radius 2 is 1.91 bits per heavy atom. The highest BCUT2D eigenvalue weighted by atomic mass is 16.2. The summed E-state index contributed by atoms with van der Waals surface area (Å²) in [5.41, 5.74) is 2.57. The van der Waals surface area contributed by atoms with Crippen molar-refractivity contribution in [2.45, 2.75) is 26.8 Å². The van der Waals surface area contributed by atoms with Gasteiger partial charge >= 0.3 is 0 Å². The molecule has 0 bridgehead atoms. The van der Waals surface area contributed by atoms with E-state index in [1.807, 2.05) is 25.1 Å². The van der Waals surface area contributed by atoms with E-state index in [1.165, 1.54) is 0 Å². The van der Waals surface area contributed by atoms with Crippen LogP contribution in [0.3, 0.4) is 0 Å². The van der Waals surface area contributed by atoms with E-state index >= 15 is 0 Å². The van der Waals surface area contributed by atoms with Crippen LogP contribution < -0.4 is 0 Å². The van der Waals surface area contributed by atoms with Crippen molar-refractivity contribution in [3.05, 3.63) is 29.6 Å². The molecule has 23 heavy (non-hydrogen) atoms. The quantitative estimate of drug-likeness (QED) is 0.812. The molecule has 1 fully saturated rings. The third-order valence-electron chi connectivity index (χ3n) is 4.38. The lowest BCUT2D eigenvalue weighted by molar-refractivity contribution is -0.119. The van der Waals surface area contributed by atoms with Gasteiger partial charge in [-0.25, -0.2) is 4.98 Å².